The third-order valence-electron chi connectivity index (χ3n) is 6.38. The number of hydrogen-bond donors (Lipinski definition) is 2. The van der Waals surface area contributed by atoms with Gasteiger partial charge in [-0.3, -0.25) is 9.69 Å². The molecule has 3 heterocycles. The van der Waals surface area contributed by atoms with E-state index in [1.807, 2.05) is 11.0 Å². The summed E-state index contributed by atoms with van der Waals surface area (Å²) in [6.07, 6.45) is 10.6. The fourth-order valence-corrected chi connectivity index (χ4v) is 4.53. The Labute approximate surface area is 161 Å². The number of hydrogen-bond acceptors (Lipinski definition) is 6. The fraction of sp³-hybridized carbons (Fsp3) is 0.750. The zero-order chi connectivity index (χ0) is 18.7. The Morgan fingerprint density at radius 2 is 1.85 bits per heavy atom. The van der Waals surface area contributed by atoms with Crippen LogP contribution in [0.5, 0.6) is 0 Å². The van der Waals surface area contributed by atoms with Crippen molar-refractivity contribution in [1.29, 1.82) is 0 Å². The molecule has 27 heavy (non-hydrogen) atoms. The van der Waals surface area contributed by atoms with E-state index < -0.39 is 5.60 Å². The first-order valence-electron chi connectivity index (χ1n) is 10.4. The van der Waals surface area contributed by atoms with Crippen LogP contribution >= 0.6 is 0 Å². The maximum atomic E-state index is 12.9. The normalized spacial score (nSPS) is 28.2. The number of rotatable bonds is 6. The Balaban J connectivity index is 1.27. The summed E-state index contributed by atoms with van der Waals surface area (Å²) in [7, 11) is 0. The molecule has 1 aliphatic carbocycles. The number of piperidine rings is 2. The summed E-state index contributed by atoms with van der Waals surface area (Å²) in [6, 6.07) is 2.15. The van der Waals surface area contributed by atoms with E-state index in [1.165, 1.54) is 19.3 Å². The summed E-state index contributed by atoms with van der Waals surface area (Å²) in [5.74, 6) is 1.28. The molecule has 148 valence electrons. The number of aromatic nitrogens is 2. The van der Waals surface area contributed by atoms with E-state index in [0.717, 1.165) is 45.4 Å². The minimum Gasteiger partial charge on any atom is -0.379 e. The molecule has 0 aromatic carbocycles. The lowest BCUT2D eigenvalue weighted by molar-refractivity contribution is -0.161. The van der Waals surface area contributed by atoms with Gasteiger partial charge in [0.2, 0.25) is 5.95 Å². The number of amides is 1. The SMILES string of the molecule is O=C1N(CC2CCC2)CCC[C@@]1(O)CN1CCC(Nc2ncccn2)CC1. The van der Waals surface area contributed by atoms with E-state index in [1.54, 1.807) is 12.4 Å². The molecule has 0 bridgehead atoms. The maximum absolute atomic E-state index is 12.9. The number of carbonyl (C=O) groups is 1. The third kappa shape index (κ3) is 4.41. The van der Waals surface area contributed by atoms with Crippen molar-refractivity contribution in [3.63, 3.8) is 0 Å². The molecule has 0 unspecified atom stereocenters. The maximum Gasteiger partial charge on any atom is 0.255 e. The number of anilines is 1. The van der Waals surface area contributed by atoms with Gasteiger partial charge in [-0.2, -0.15) is 0 Å². The minimum atomic E-state index is -1.20. The van der Waals surface area contributed by atoms with Crippen molar-refractivity contribution >= 4 is 11.9 Å². The van der Waals surface area contributed by atoms with Gasteiger partial charge in [0.05, 0.1) is 0 Å². The van der Waals surface area contributed by atoms with Crippen LogP contribution in [0.3, 0.4) is 0 Å². The summed E-state index contributed by atoms with van der Waals surface area (Å²) in [5, 5.41) is 14.5. The molecule has 7 heteroatoms. The number of carbonyl (C=O) groups excluding carboxylic acids is 1. The van der Waals surface area contributed by atoms with Crippen LogP contribution in [0, 0.1) is 5.92 Å². The molecule has 3 aliphatic rings. The van der Waals surface area contributed by atoms with Crippen LogP contribution in [0.1, 0.15) is 44.9 Å². The van der Waals surface area contributed by atoms with Gasteiger partial charge < -0.3 is 15.3 Å². The quantitative estimate of drug-likeness (QED) is 0.787. The van der Waals surface area contributed by atoms with Gasteiger partial charge in [-0.15, -0.1) is 0 Å². The fourth-order valence-electron chi connectivity index (χ4n) is 4.53. The second-order valence-corrected chi connectivity index (χ2v) is 8.45. The van der Waals surface area contributed by atoms with Crippen LogP contribution in [0.4, 0.5) is 5.95 Å². The molecule has 1 saturated carbocycles. The van der Waals surface area contributed by atoms with Crippen molar-refractivity contribution < 1.29 is 9.90 Å². The van der Waals surface area contributed by atoms with E-state index in [2.05, 4.69) is 20.2 Å². The zero-order valence-electron chi connectivity index (χ0n) is 16.0. The average Bonchev–Trinajstić information content (AvgIpc) is 2.64. The number of nitrogens with zero attached hydrogens (tertiary/aromatic N) is 4. The predicted octanol–water partition coefficient (Wildman–Crippen LogP) is 1.51. The number of likely N-dealkylation sites (tertiary alicyclic amines) is 2. The van der Waals surface area contributed by atoms with E-state index in [4.69, 9.17) is 0 Å². The first kappa shape index (κ1) is 18.6. The lowest BCUT2D eigenvalue weighted by Gasteiger charge is -2.44. The van der Waals surface area contributed by atoms with Crippen molar-refractivity contribution in [3.8, 4) is 0 Å². The van der Waals surface area contributed by atoms with Gasteiger partial charge >= 0.3 is 0 Å². The molecule has 0 spiro atoms. The van der Waals surface area contributed by atoms with Crippen LogP contribution in [-0.4, -0.2) is 75.1 Å². The smallest absolute Gasteiger partial charge is 0.255 e. The standard InChI is InChI=1S/C20H31N5O2/c26-18-20(27,8-2-11-25(18)14-16-4-1-5-16)15-24-12-6-17(7-13-24)23-19-21-9-3-10-22-19/h3,9-10,16-17,27H,1-2,4-8,11-15H2,(H,21,22,23)/t20-/m1/s1. The topological polar surface area (TPSA) is 81.6 Å². The second-order valence-electron chi connectivity index (χ2n) is 8.45. The van der Waals surface area contributed by atoms with Crippen LogP contribution in [0.2, 0.25) is 0 Å². The van der Waals surface area contributed by atoms with Crippen LogP contribution < -0.4 is 5.32 Å². The second kappa shape index (κ2) is 8.10. The Hall–Kier alpha value is -1.73. The zero-order valence-corrected chi connectivity index (χ0v) is 16.0. The van der Waals surface area contributed by atoms with Crippen molar-refractivity contribution in [2.75, 3.05) is 38.0 Å². The highest BCUT2D eigenvalue weighted by Gasteiger charge is 2.44. The van der Waals surface area contributed by atoms with Crippen LogP contribution in [-0.2, 0) is 4.79 Å². The molecule has 2 aliphatic heterocycles. The van der Waals surface area contributed by atoms with Gasteiger partial charge in [-0.1, -0.05) is 6.42 Å². The molecular weight excluding hydrogens is 342 g/mol. The first-order chi connectivity index (χ1) is 13.1. The van der Waals surface area contributed by atoms with Gasteiger partial charge in [-0.05, 0) is 50.5 Å². The molecule has 1 aromatic rings. The first-order valence-corrected chi connectivity index (χ1v) is 10.4. The lowest BCUT2D eigenvalue weighted by atomic mass is 9.83. The summed E-state index contributed by atoms with van der Waals surface area (Å²) in [6.45, 7) is 3.86. The van der Waals surface area contributed by atoms with Gasteiger partial charge in [0.25, 0.3) is 5.91 Å². The summed E-state index contributed by atoms with van der Waals surface area (Å²) in [5.41, 5.74) is -1.20. The summed E-state index contributed by atoms with van der Waals surface area (Å²) >= 11 is 0. The van der Waals surface area contributed by atoms with E-state index in [9.17, 15) is 9.90 Å². The van der Waals surface area contributed by atoms with Crippen molar-refractivity contribution in [1.82, 2.24) is 19.8 Å². The van der Waals surface area contributed by atoms with E-state index in [-0.39, 0.29) is 5.91 Å². The highest BCUT2D eigenvalue weighted by Crippen LogP contribution is 2.31. The van der Waals surface area contributed by atoms with E-state index >= 15 is 0 Å². The predicted molar refractivity (Wildman–Crippen MR) is 103 cm³/mol. The molecule has 1 atom stereocenters. The number of nitrogens with one attached hydrogen (secondary N) is 1. The molecule has 1 amide bonds. The lowest BCUT2D eigenvalue weighted by Crippen LogP contribution is -2.60. The molecule has 3 fully saturated rings. The highest BCUT2D eigenvalue weighted by molar-refractivity contribution is 5.86. The molecule has 4 rings (SSSR count). The molecule has 2 saturated heterocycles. The van der Waals surface area contributed by atoms with Gasteiger partial charge in [0, 0.05) is 51.2 Å². The summed E-state index contributed by atoms with van der Waals surface area (Å²) in [4.78, 5) is 25.5. The summed E-state index contributed by atoms with van der Waals surface area (Å²) < 4.78 is 0. The van der Waals surface area contributed by atoms with Gasteiger partial charge in [0.15, 0.2) is 5.60 Å². The third-order valence-corrected chi connectivity index (χ3v) is 6.38. The van der Waals surface area contributed by atoms with Crippen molar-refractivity contribution in [2.45, 2.75) is 56.6 Å². The largest absolute Gasteiger partial charge is 0.379 e. The molecular formula is C20H31N5O2. The van der Waals surface area contributed by atoms with Gasteiger partial charge in [-0.25, -0.2) is 9.97 Å². The van der Waals surface area contributed by atoms with Crippen LogP contribution in [0.25, 0.3) is 0 Å². The average molecular weight is 374 g/mol. The Bertz CT molecular complexity index is 631. The van der Waals surface area contributed by atoms with Crippen molar-refractivity contribution in [3.05, 3.63) is 18.5 Å². The molecule has 0 radical (unpaired) electrons. The molecule has 1 aromatic heterocycles. The number of aliphatic hydroxyl groups is 1. The van der Waals surface area contributed by atoms with E-state index in [0.29, 0.717) is 30.9 Å². The number of β-amino-alcohol motifs (C(OH)–C–C–N with tert-alkyl or cyclic N) is 1. The Morgan fingerprint density at radius 3 is 2.52 bits per heavy atom. The van der Waals surface area contributed by atoms with Gasteiger partial charge in [0.1, 0.15) is 0 Å². The van der Waals surface area contributed by atoms with Crippen molar-refractivity contribution in [2.24, 2.45) is 5.92 Å². The Kier molecular flexibility index (Phi) is 5.59. The monoisotopic (exact) mass is 373 g/mol. The van der Waals surface area contributed by atoms with Crippen LogP contribution in [0.15, 0.2) is 18.5 Å². The minimum absolute atomic E-state index is 0.0430. The Morgan fingerprint density at radius 1 is 1.11 bits per heavy atom. The molecule has 7 nitrogen and oxygen atoms in total. The highest BCUT2D eigenvalue weighted by atomic mass is 16.3. The molecule has 2 N–H and O–H groups in total.